The molecule has 0 aromatic heterocycles. The highest BCUT2D eigenvalue weighted by Gasteiger charge is 2.47. The number of nitrogens with one attached hydrogen (secondary N) is 2. The minimum atomic E-state index is -0.560. The van der Waals surface area contributed by atoms with Gasteiger partial charge >= 0.3 is 6.03 Å². The second-order valence-corrected chi connectivity index (χ2v) is 10.6. The van der Waals surface area contributed by atoms with Crippen LogP contribution in [0.15, 0.2) is 48.5 Å². The molecule has 2 atom stereocenters. The van der Waals surface area contributed by atoms with Crippen LogP contribution in [0.5, 0.6) is 0 Å². The van der Waals surface area contributed by atoms with E-state index in [4.69, 9.17) is 4.74 Å². The number of fused-ring (bicyclic) bond motifs is 1. The average molecular weight is 519 g/mol. The van der Waals surface area contributed by atoms with Crippen molar-refractivity contribution >= 4 is 23.5 Å². The molecule has 8 nitrogen and oxygen atoms in total. The first kappa shape index (κ1) is 26.2. The molecule has 2 aromatic rings. The first-order valence-electron chi connectivity index (χ1n) is 13.9. The number of piperazine rings is 1. The minimum absolute atomic E-state index is 0.0327. The maximum Gasteiger partial charge on any atom is 0.322 e. The Hall–Kier alpha value is -3.39. The Bertz CT molecular complexity index is 1150. The molecule has 0 saturated carbocycles. The third-order valence-electron chi connectivity index (χ3n) is 8.40. The van der Waals surface area contributed by atoms with Crippen molar-refractivity contribution < 1.29 is 19.1 Å². The normalized spacial score (nSPS) is 22.0. The number of ether oxygens (including phenoxy) is 1. The molecule has 5 rings (SSSR count). The zero-order valence-corrected chi connectivity index (χ0v) is 22.3. The van der Waals surface area contributed by atoms with Crippen LogP contribution in [0.1, 0.15) is 43.4 Å². The van der Waals surface area contributed by atoms with Gasteiger partial charge in [0.2, 0.25) is 11.8 Å². The Labute approximate surface area is 224 Å². The summed E-state index contributed by atoms with van der Waals surface area (Å²) in [5.74, 6) is -0.0243. The van der Waals surface area contributed by atoms with Crippen molar-refractivity contribution in [3.63, 3.8) is 0 Å². The van der Waals surface area contributed by atoms with Gasteiger partial charge in [-0.2, -0.15) is 0 Å². The number of rotatable bonds is 7. The highest BCUT2D eigenvalue weighted by atomic mass is 16.5. The molecule has 2 N–H and O–H groups in total. The Balaban J connectivity index is 1.40. The molecule has 0 unspecified atom stereocenters. The van der Waals surface area contributed by atoms with Crippen LogP contribution in [0, 0.1) is 11.8 Å². The minimum Gasteiger partial charge on any atom is -0.378 e. The fraction of sp³-hybridized carbons (Fsp3) is 0.500. The Morgan fingerprint density at radius 2 is 1.63 bits per heavy atom. The number of para-hydroxylation sites is 1. The van der Waals surface area contributed by atoms with Crippen molar-refractivity contribution in [1.29, 1.82) is 0 Å². The zero-order valence-electron chi connectivity index (χ0n) is 22.3. The lowest BCUT2D eigenvalue weighted by atomic mass is 9.86. The molecule has 0 radical (unpaired) electrons. The van der Waals surface area contributed by atoms with E-state index in [-0.39, 0.29) is 36.2 Å². The van der Waals surface area contributed by atoms with Gasteiger partial charge < -0.3 is 25.2 Å². The molecule has 2 aromatic carbocycles. The number of urea groups is 1. The summed E-state index contributed by atoms with van der Waals surface area (Å²) < 4.78 is 5.37. The van der Waals surface area contributed by atoms with E-state index in [9.17, 15) is 14.4 Å². The van der Waals surface area contributed by atoms with Crippen LogP contribution in [-0.2, 0) is 33.7 Å². The SMILES string of the molecule is CCC(CC)[C@@H]1C(=O)N[C@H](C2Cc3ccccc3C2)C(=O)N1Cc1ccccc1NC(=O)N1CCOCC1. The summed E-state index contributed by atoms with van der Waals surface area (Å²) >= 11 is 0. The number of anilines is 1. The maximum atomic E-state index is 14.1. The van der Waals surface area contributed by atoms with Crippen molar-refractivity contribution in [2.75, 3.05) is 31.6 Å². The third kappa shape index (κ3) is 5.27. The summed E-state index contributed by atoms with van der Waals surface area (Å²) in [5, 5.41) is 6.17. The van der Waals surface area contributed by atoms with Crippen molar-refractivity contribution in [2.45, 2.75) is 58.2 Å². The summed E-state index contributed by atoms with van der Waals surface area (Å²) in [7, 11) is 0. The molecule has 0 bridgehead atoms. The standard InChI is InChI=1S/C30H38N4O4/c1-3-20(4-2)27-28(35)32-26(24-17-21-9-5-6-10-22(21)18-24)29(36)34(27)19-23-11-7-8-12-25(23)31-30(37)33-13-15-38-16-14-33/h5-12,20,24,26-27H,3-4,13-19H2,1-2H3,(H,31,37)(H,32,35)/t26-,27-/m1/s1. The topological polar surface area (TPSA) is 91.0 Å². The van der Waals surface area contributed by atoms with Gasteiger partial charge in [-0.3, -0.25) is 9.59 Å². The Morgan fingerprint density at radius 3 is 2.29 bits per heavy atom. The van der Waals surface area contributed by atoms with Gasteiger partial charge in [-0.15, -0.1) is 0 Å². The van der Waals surface area contributed by atoms with Crippen molar-refractivity contribution in [3.8, 4) is 0 Å². The lowest BCUT2D eigenvalue weighted by Crippen LogP contribution is -2.66. The van der Waals surface area contributed by atoms with Crippen molar-refractivity contribution in [2.24, 2.45) is 11.8 Å². The van der Waals surface area contributed by atoms with Crippen LogP contribution in [-0.4, -0.2) is 66.0 Å². The zero-order chi connectivity index (χ0) is 26.6. The number of morpholine rings is 1. The largest absolute Gasteiger partial charge is 0.378 e. The average Bonchev–Trinajstić information content (AvgIpc) is 3.38. The molecule has 2 fully saturated rings. The quantitative estimate of drug-likeness (QED) is 0.586. The molecule has 202 valence electrons. The molecule has 38 heavy (non-hydrogen) atoms. The second-order valence-electron chi connectivity index (χ2n) is 10.6. The lowest BCUT2D eigenvalue weighted by molar-refractivity contribution is -0.154. The Kier molecular flexibility index (Phi) is 7.98. The molecule has 2 aliphatic heterocycles. The van der Waals surface area contributed by atoms with Gasteiger partial charge in [0.1, 0.15) is 12.1 Å². The van der Waals surface area contributed by atoms with E-state index in [2.05, 4.69) is 36.6 Å². The number of amides is 4. The summed E-state index contributed by atoms with van der Waals surface area (Å²) in [6.45, 7) is 6.54. The summed E-state index contributed by atoms with van der Waals surface area (Å²) in [5.41, 5.74) is 3.99. The van der Waals surface area contributed by atoms with E-state index in [0.717, 1.165) is 31.2 Å². The highest BCUT2D eigenvalue weighted by Crippen LogP contribution is 2.34. The third-order valence-corrected chi connectivity index (χ3v) is 8.40. The molecule has 0 spiro atoms. The number of hydrogen-bond donors (Lipinski definition) is 2. The van der Waals surface area contributed by atoms with Gasteiger partial charge in [-0.25, -0.2) is 4.79 Å². The van der Waals surface area contributed by atoms with Crippen LogP contribution in [0.3, 0.4) is 0 Å². The van der Waals surface area contributed by atoms with E-state index in [1.165, 1.54) is 11.1 Å². The molecular formula is C30H38N4O4. The maximum absolute atomic E-state index is 14.1. The first-order chi connectivity index (χ1) is 18.5. The predicted molar refractivity (Wildman–Crippen MR) is 146 cm³/mol. The van der Waals surface area contributed by atoms with Gasteiger partial charge in [0.15, 0.2) is 0 Å². The van der Waals surface area contributed by atoms with Gasteiger partial charge in [-0.05, 0) is 47.4 Å². The van der Waals surface area contributed by atoms with E-state index in [1.54, 1.807) is 9.80 Å². The smallest absolute Gasteiger partial charge is 0.322 e. The first-order valence-corrected chi connectivity index (χ1v) is 13.9. The molecule has 1 aliphatic carbocycles. The Morgan fingerprint density at radius 1 is 1.00 bits per heavy atom. The summed E-state index contributed by atoms with van der Waals surface area (Å²) in [6, 6.07) is 14.6. The molecule has 2 heterocycles. The van der Waals surface area contributed by atoms with Crippen LogP contribution < -0.4 is 10.6 Å². The fourth-order valence-corrected chi connectivity index (χ4v) is 6.21. The van der Waals surface area contributed by atoms with Gasteiger partial charge in [-0.1, -0.05) is 69.2 Å². The van der Waals surface area contributed by atoms with Crippen LogP contribution in [0.2, 0.25) is 0 Å². The molecular weight excluding hydrogens is 480 g/mol. The van der Waals surface area contributed by atoms with Crippen molar-refractivity contribution in [3.05, 3.63) is 65.2 Å². The highest BCUT2D eigenvalue weighted by molar-refractivity contribution is 5.97. The monoisotopic (exact) mass is 518 g/mol. The second kappa shape index (κ2) is 11.6. The number of carbonyl (C=O) groups is 3. The molecule has 4 amide bonds. The summed E-state index contributed by atoms with van der Waals surface area (Å²) in [6.07, 6.45) is 3.16. The number of nitrogens with zero attached hydrogens (tertiary/aromatic N) is 2. The van der Waals surface area contributed by atoms with Crippen LogP contribution >= 0.6 is 0 Å². The molecule has 2 saturated heterocycles. The molecule has 3 aliphatic rings. The number of hydrogen-bond acceptors (Lipinski definition) is 4. The lowest BCUT2D eigenvalue weighted by Gasteiger charge is -2.44. The van der Waals surface area contributed by atoms with Crippen LogP contribution in [0.25, 0.3) is 0 Å². The van der Waals surface area contributed by atoms with Gasteiger partial charge in [0.25, 0.3) is 0 Å². The van der Waals surface area contributed by atoms with E-state index < -0.39 is 12.1 Å². The van der Waals surface area contributed by atoms with Crippen LogP contribution in [0.4, 0.5) is 10.5 Å². The van der Waals surface area contributed by atoms with E-state index in [1.807, 2.05) is 36.4 Å². The van der Waals surface area contributed by atoms with Crippen molar-refractivity contribution in [1.82, 2.24) is 15.1 Å². The summed E-state index contributed by atoms with van der Waals surface area (Å²) in [4.78, 5) is 44.2. The fourth-order valence-electron chi connectivity index (χ4n) is 6.21. The number of carbonyl (C=O) groups excluding carboxylic acids is 3. The van der Waals surface area contributed by atoms with E-state index in [0.29, 0.717) is 32.0 Å². The van der Waals surface area contributed by atoms with Gasteiger partial charge in [0.05, 0.1) is 13.2 Å². The van der Waals surface area contributed by atoms with E-state index >= 15 is 0 Å². The predicted octanol–water partition coefficient (Wildman–Crippen LogP) is 3.60. The molecule has 8 heteroatoms. The number of benzene rings is 2. The van der Waals surface area contributed by atoms with Gasteiger partial charge in [0, 0.05) is 25.3 Å².